The fraction of sp³-hybridized carbons (Fsp3) is 0.467. The van der Waals surface area contributed by atoms with Crippen molar-refractivity contribution in [3.05, 3.63) is 23.8 Å². The Balaban J connectivity index is 1.88. The van der Waals surface area contributed by atoms with Gasteiger partial charge in [-0.05, 0) is 31.9 Å². The summed E-state index contributed by atoms with van der Waals surface area (Å²) in [6.07, 6.45) is 2.21. The molecule has 0 atom stereocenters. The fourth-order valence-corrected chi connectivity index (χ4v) is 1.88. The molecule has 1 aliphatic rings. The van der Waals surface area contributed by atoms with E-state index >= 15 is 0 Å². The van der Waals surface area contributed by atoms with E-state index in [9.17, 15) is 9.59 Å². The molecule has 1 fully saturated rings. The number of carbonyl (C=O) groups excluding carboxylic acids is 2. The van der Waals surface area contributed by atoms with Gasteiger partial charge in [-0.3, -0.25) is 4.79 Å². The van der Waals surface area contributed by atoms with Crippen LogP contribution in [0.15, 0.2) is 18.2 Å². The van der Waals surface area contributed by atoms with Gasteiger partial charge in [0.15, 0.2) is 0 Å². The van der Waals surface area contributed by atoms with E-state index in [0.29, 0.717) is 24.1 Å². The summed E-state index contributed by atoms with van der Waals surface area (Å²) in [5.74, 6) is -0.280. The summed E-state index contributed by atoms with van der Waals surface area (Å²) >= 11 is 0. The molecule has 6 heteroatoms. The van der Waals surface area contributed by atoms with Crippen LogP contribution < -0.4 is 15.8 Å². The van der Waals surface area contributed by atoms with E-state index in [1.165, 1.54) is 0 Å². The number of amides is 1. The lowest BCUT2D eigenvalue weighted by atomic mass is 10.1. The Labute approximate surface area is 123 Å². The predicted octanol–water partition coefficient (Wildman–Crippen LogP) is 1.49. The molecule has 1 aromatic carbocycles. The largest absolute Gasteiger partial charge is 0.493 e. The first-order chi connectivity index (χ1) is 10.1. The zero-order valence-corrected chi connectivity index (χ0v) is 12.1. The lowest BCUT2D eigenvalue weighted by Gasteiger charge is -2.12. The van der Waals surface area contributed by atoms with Crippen LogP contribution in [0, 0.1) is 0 Å². The number of benzene rings is 1. The number of hydrogen-bond donors (Lipinski definition) is 2. The van der Waals surface area contributed by atoms with Gasteiger partial charge in [-0.25, -0.2) is 4.79 Å². The van der Waals surface area contributed by atoms with Crippen LogP contribution in [0.1, 0.15) is 36.5 Å². The fourth-order valence-electron chi connectivity index (χ4n) is 1.88. The molecule has 2 rings (SSSR count). The molecule has 114 valence electrons. The first-order valence-electron chi connectivity index (χ1n) is 7.09. The van der Waals surface area contributed by atoms with Gasteiger partial charge in [0.05, 0.1) is 13.0 Å². The summed E-state index contributed by atoms with van der Waals surface area (Å²) in [5.41, 5.74) is 6.31. The number of anilines is 1. The average molecular weight is 292 g/mol. The summed E-state index contributed by atoms with van der Waals surface area (Å²) < 4.78 is 10.5. The molecule has 21 heavy (non-hydrogen) atoms. The molecule has 6 nitrogen and oxygen atoms in total. The number of nitrogen functional groups attached to an aromatic ring is 1. The summed E-state index contributed by atoms with van der Waals surface area (Å²) in [4.78, 5) is 23.6. The van der Waals surface area contributed by atoms with E-state index in [4.69, 9.17) is 15.2 Å². The van der Waals surface area contributed by atoms with Crippen molar-refractivity contribution in [2.45, 2.75) is 32.2 Å². The molecule has 0 spiro atoms. The van der Waals surface area contributed by atoms with Crippen LogP contribution in [0.4, 0.5) is 5.69 Å². The quantitative estimate of drug-likeness (QED) is 0.587. The van der Waals surface area contributed by atoms with Gasteiger partial charge in [0.2, 0.25) is 5.91 Å². The maximum Gasteiger partial charge on any atom is 0.344 e. The molecule has 1 aliphatic carbocycles. The molecule has 0 bridgehead atoms. The summed E-state index contributed by atoms with van der Waals surface area (Å²) in [5, 5.41) is 2.83. The molecule has 1 saturated carbocycles. The number of nitrogens with two attached hydrogens (primary N) is 1. The molecule has 1 amide bonds. The highest BCUT2D eigenvalue weighted by molar-refractivity contribution is 5.98. The summed E-state index contributed by atoms with van der Waals surface area (Å²) in [7, 11) is 0. The van der Waals surface area contributed by atoms with Gasteiger partial charge in [0.1, 0.15) is 17.9 Å². The lowest BCUT2D eigenvalue weighted by Crippen LogP contribution is -2.26. The van der Waals surface area contributed by atoms with Crippen molar-refractivity contribution in [1.82, 2.24) is 5.32 Å². The zero-order chi connectivity index (χ0) is 15.2. The normalized spacial score (nSPS) is 13.6. The maximum atomic E-state index is 12.1. The Morgan fingerprint density at radius 1 is 1.38 bits per heavy atom. The van der Waals surface area contributed by atoms with E-state index in [0.717, 1.165) is 12.8 Å². The van der Waals surface area contributed by atoms with Crippen molar-refractivity contribution >= 4 is 17.6 Å². The van der Waals surface area contributed by atoms with Crippen LogP contribution >= 0.6 is 0 Å². The van der Waals surface area contributed by atoms with Crippen LogP contribution in [-0.4, -0.2) is 31.1 Å². The highest BCUT2D eigenvalue weighted by Gasteiger charge is 2.23. The van der Waals surface area contributed by atoms with Crippen molar-refractivity contribution in [2.24, 2.45) is 0 Å². The van der Waals surface area contributed by atoms with Crippen LogP contribution in [-0.2, 0) is 9.53 Å². The first kappa shape index (κ1) is 15.2. The second kappa shape index (κ2) is 6.97. The number of rotatable bonds is 7. The minimum Gasteiger partial charge on any atom is -0.493 e. The van der Waals surface area contributed by atoms with Gasteiger partial charge in [-0.2, -0.15) is 0 Å². The zero-order valence-electron chi connectivity index (χ0n) is 12.1. The van der Waals surface area contributed by atoms with Crippen molar-refractivity contribution in [2.75, 3.05) is 18.9 Å². The van der Waals surface area contributed by atoms with Crippen molar-refractivity contribution in [1.29, 1.82) is 0 Å². The number of ether oxygens (including phenoxy) is 2. The molecular weight excluding hydrogens is 272 g/mol. The van der Waals surface area contributed by atoms with Gasteiger partial charge in [0, 0.05) is 11.7 Å². The van der Waals surface area contributed by atoms with Crippen molar-refractivity contribution in [3.8, 4) is 5.75 Å². The Kier molecular flexibility index (Phi) is 5.03. The Bertz CT molecular complexity index is 526. The van der Waals surface area contributed by atoms with E-state index in [2.05, 4.69) is 5.32 Å². The number of carbonyl (C=O) groups is 2. The van der Waals surface area contributed by atoms with Crippen LogP contribution in [0.25, 0.3) is 0 Å². The smallest absolute Gasteiger partial charge is 0.344 e. The molecular formula is C15H20N2O4. The monoisotopic (exact) mass is 292 g/mol. The number of esters is 1. The summed E-state index contributed by atoms with van der Waals surface area (Å²) in [6.45, 7) is 2.27. The topological polar surface area (TPSA) is 90.7 Å². The van der Waals surface area contributed by atoms with Crippen LogP contribution in [0.3, 0.4) is 0 Å². The van der Waals surface area contributed by atoms with E-state index in [1.54, 1.807) is 18.2 Å². The molecule has 3 N–H and O–H groups in total. The highest BCUT2D eigenvalue weighted by atomic mass is 16.5. The number of hydrogen-bond acceptors (Lipinski definition) is 5. The van der Waals surface area contributed by atoms with E-state index in [1.807, 2.05) is 6.92 Å². The van der Waals surface area contributed by atoms with Crippen molar-refractivity contribution in [3.63, 3.8) is 0 Å². The first-order valence-corrected chi connectivity index (χ1v) is 7.09. The highest BCUT2D eigenvalue weighted by Crippen LogP contribution is 2.25. The second-order valence-corrected chi connectivity index (χ2v) is 4.88. The Morgan fingerprint density at radius 3 is 2.81 bits per heavy atom. The Hall–Kier alpha value is -2.24. The van der Waals surface area contributed by atoms with Gasteiger partial charge >= 0.3 is 5.97 Å². The van der Waals surface area contributed by atoms with Gasteiger partial charge in [-0.15, -0.1) is 0 Å². The average Bonchev–Trinajstić information content (AvgIpc) is 3.23. The van der Waals surface area contributed by atoms with E-state index < -0.39 is 5.97 Å². The predicted molar refractivity (Wildman–Crippen MR) is 78.1 cm³/mol. The number of nitrogens with one attached hydrogen (secondary N) is 1. The van der Waals surface area contributed by atoms with E-state index in [-0.39, 0.29) is 24.5 Å². The minimum atomic E-state index is -0.573. The standard InChI is InChI=1S/C15H20N2O4/c1-2-20-12-5-3-4-11(16)14(12)15(19)21-9-8-13(18)17-10-6-7-10/h3-5,10H,2,6-9,16H2,1H3,(H,17,18). The molecule has 1 aromatic rings. The van der Waals surface area contributed by atoms with Crippen LogP contribution in [0.5, 0.6) is 5.75 Å². The molecule has 0 heterocycles. The van der Waals surface area contributed by atoms with Gasteiger partial charge < -0.3 is 20.5 Å². The third-order valence-electron chi connectivity index (χ3n) is 3.07. The third kappa shape index (κ3) is 4.37. The second-order valence-electron chi connectivity index (χ2n) is 4.88. The Morgan fingerprint density at radius 2 is 2.14 bits per heavy atom. The van der Waals surface area contributed by atoms with Crippen LogP contribution in [0.2, 0.25) is 0 Å². The molecule has 0 aromatic heterocycles. The third-order valence-corrected chi connectivity index (χ3v) is 3.07. The lowest BCUT2D eigenvalue weighted by molar-refractivity contribution is -0.121. The maximum absolute atomic E-state index is 12.1. The SMILES string of the molecule is CCOc1cccc(N)c1C(=O)OCCC(=O)NC1CC1. The molecule has 0 saturated heterocycles. The molecule has 0 unspecified atom stereocenters. The molecule has 0 radical (unpaired) electrons. The van der Waals surface area contributed by atoms with Crippen molar-refractivity contribution < 1.29 is 19.1 Å². The van der Waals surface area contributed by atoms with Gasteiger partial charge in [0.25, 0.3) is 0 Å². The summed E-state index contributed by atoms with van der Waals surface area (Å²) in [6, 6.07) is 5.29. The minimum absolute atomic E-state index is 0.0251. The van der Waals surface area contributed by atoms with Gasteiger partial charge in [-0.1, -0.05) is 6.07 Å². The molecule has 0 aliphatic heterocycles.